The second-order valence-electron chi connectivity index (χ2n) is 3.64. The summed E-state index contributed by atoms with van der Waals surface area (Å²) in [5.41, 5.74) is 1.15. The van der Waals surface area contributed by atoms with Gasteiger partial charge in [-0.3, -0.25) is 0 Å². The molecule has 0 saturated heterocycles. The monoisotopic (exact) mass is 261 g/mol. The number of halogens is 2. The fraction of sp³-hybridized carbons (Fsp3) is 0.0714. The number of hydrogen-bond donors (Lipinski definition) is 0. The van der Waals surface area contributed by atoms with Crippen LogP contribution in [0.4, 0.5) is 4.39 Å². The highest BCUT2D eigenvalue weighted by Gasteiger charge is 2.06. The Morgan fingerprint density at radius 2 is 2.06 bits per heavy atom. The van der Waals surface area contributed by atoms with Crippen molar-refractivity contribution >= 4 is 11.6 Å². The number of alkyl halides is 1. The molecule has 4 heteroatoms. The SMILES string of the molecule is N#Cc1cccc(Oc2ccc(CCl)cc2F)c1. The average Bonchev–Trinajstić information content (AvgIpc) is 2.41. The molecule has 0 aliphatic heterocycles. The van der Waals surface area contributed by atoms with E-state index in [0.29, 0.717) is 16.9 Å². The second-order valence-corrected chi connectivity index (χ2v) is 3.91. The van der Waals surface area contributed by atoms with Crippen molar-refractivity contribution in [3.05, 3.63) is 59.4 Å². The van der Waals surface area contributed by atoms with Crippen LogP contribution in [0.5, 0.6) is 11.5 Å². The van der Waals surface area contributed by atoms with Gasteiger partial charge in [0.2, 0.25) is 0 Å². The Bertz CT molecular complexity index is 607. The van der Waals surface area contributed by atoms with E-state index in [-0.39, 0.29) is 11.6 Å². The molecule has 0 bridgehead atoms. The van der Waals surface area contributed by atoms with E-state index < -0.39 is 5.82 Å². The van der Waals surface area contributed by atoms with Crippen molar-refractivity contribution < 1.29 is 9.13 Å². The van der Waals surface area contributed by atoms with E-state index >= 15 is 0 Å². The molecule has 18 heavy (non-hydrogen) atoms. The maximum atomic E-state index is 13.7. The molecule has 90 valence electrons. The van der Waals surface area contributed by atoms with Gasteiger partial charge >= 0.3 is 0 Å². The lowest BCUT2D eigenvalue weighted by Crippen LogP contribution is -1.90. The van der Waals surface area contributed by atoms with Gasteiger partial charge in [0, 0.05) is 5.88 Å². The van der Waals surface area contributed by atoms with Crippen LogP contribution < -0.4 is 4.74 Å². The Morgan fingerprint density at radius 1 is 1.22 bits per heavy atom. The standard InChI is InChI=1S/C14H9ClFNO/c15-8-10-4-5-14(13(16)7-10)18-12-3-1-2-11(6-12)9-17/h1-7H,8H2. The zero-order chi connectivity index (χ0) is 13.0. The zero-order valence-corrected chi connectivity index (χ0v) is 10.1. The maximum absolute atomic E-state index is 13.7. The van der Waals surface area contributed by atoms with Crippen LogP contribution in [0.25, 0.3) is 0 Å². The maximum Gasteiger partial charge on any atom is 0.166 e. The Balaban J connectivity index is 2.26. The number of nitriles is 1. The van der Waals surface area contributed by atoms with Gasteiger partial charge in [0.05, 0.1) is 11.6 Å². The molecular weight excluding hydrogens is 253 g/mol. The first-order valence-electron chi connectivity index (χ1n) is 5.25. The highest BCUT2D eigenvalue weighted by atomic mass is 35.5. The molecule has 0 N–H and O–H groups in total. The molecule has 0 radical (unpaired) electrons. The van der Waals surface area contributed by atoms with Gasteiger partial charge in [-0.25, -0.2) is 4.39 Å². The van der Waals surface area contributed by atoms with Crippen LogP contribution in [0, 0.1) is 17.1 Å². The fourth-order valence-corrected chi connectivity index (χ4v) is 1.63. The molecule has 0 heterocycles. The van der Waals surface area contributed by atoms with Crippen molar-refractivity contribution in [1.82, 2.24) is 0 Å². The molecule has 0 fully saturated rings. The Labute approximate surface area is 109 Å². The van der Waals surface area contributed by atoms with E-state index in [1.54, 1.807) is 30.3 Å². The van der Waals surface area contributed by atoms with Crippen LogP contribution in [0.1, 0.15) is 11.1 Å². The lowest BCUT2D eigenvalue weighted by atomic mass is 10.2. The van der Waals surface area contributed by atoms with E-state index in [9.17, 15) is 4.39 Å². The van der Waals surface area contributed by atoms with Gasteiger partial charge in [-0.15, -0.1) is 11.6 Å². The van der Waals surface area contributed by atoms with E-state index in [0.717, 1.165) is 0 Å². The lowest BCUT2D eigenvalue weighted by molar-refractivity contribution is 0.442. The number of rotatable bonds is 3. The third-order valence-electron chi connectivity index (χ3n) is 2.34. The van der Waals surface area contributed by atoms with E-state index in [1.165, 1.54) is 12.1 Å². The van der Waals surface area contributed by atoms with Crippen LogP contribution in [0.3, 0.4) is 0 Å². The van der Waals surface area contributed by atoms with Gasteiger partial charge in [0.15, 0.2) is 11.6 Å². The van der Waals surface area contributed by atoms with Crippen molar-refractivity contribution in [2.45, 2.75) is 5.88 Å². The third kappa shape index (κ3) is 2.79. The van der Waals surface area contributed by atoms with E-state index in [1.807, 2.05) is 6.07 Å². The quantitative estimate of drug-likeness (QED) is 0.775. The molecule has 0 saturated carbocycles. The Morgan fingerprint density at radius 3 is 2.72 bits per heavy atom. The molecule has 2 rings (SSSR count). The van der Waals surface area contributed by atoms with Crippen molar-refractivity contribution in [2.24, 2.45) is 0 Å². The Kier molecular flexibility index (Phi) is 3.81. The summed E-state index contributed by atoms with van der Waals surface area (Å²) in [7, 11) is 0. The number of nitrogens with zero attached hydrogens (tertiary/aromatic N) is 1. The molecule has 0 aliphatic carbocycles. The smallest absolute Gasteiger partial charge is 0.166 e. The van der Waals surface area contributed by atoms with Crippen LogP contribution in [0.15, 0.2) is 42.5 Å². The van der Waals surface area contributed by atoms with Gasteiger partial charge < -0.3 is 4.74 Å². The van der Waals surface area contributed by atoms with Gasteiger partial charge in [-0.05, 0) is 35.9 Å². The highest BCUT2D eigenvalue weighted by Crippen LogP contribution is 2.26. The minimum absolute atomic E-state index is 0.110. The van der Waals surface area contributed by atoms with Crippen molar-refractivity contribution in [2.75, 3.05) is 0 Å². The highest BCUT2D eigenvalue weighted by molar-refractivity contribution is 6.17. The largest absolute Gasteiger partial charge is 0.454 e. The summed E-state index contributed by atoms with van der Waals surface area (Å²) in [6.07, 6.45) is 0. The van der Waals surface area contributed by atoms with Crippen LogP contribution in [-0.2, 0) is 5.88 Å². The first-order chi connectivity index (χ1) is 8.72. The van der Waals surface area contributed by atoms with E-state index in [2.05, 4.69) is 0 Å². The van der Waals surface area contributed by atoms with Gasteiger partial charge in [0.25, 0.3) is 0 Å². The first kappa shape index (κ1) is 12.4. The number of hydrogen-bond acceptors (Lipinski definition) is 2. The predicted molar refractivity (Wildman–Crippen MR) is 67.2 cm³/mol. The normalized spacial score (nSPS) is 9.83. The first-order valence-corrected chi connectivity index (χ1v) is 5.79. The number of ether oxygens (including phenoxy) is 1. The predicted octanol–water partition coefficient (Wildman–Crippen LogP) is 4.23. The van der Waals surface area contributed by atoms with E-state index in [4.69, 9.17) is 21.6 Å². The van der Waals surface area contributed by atoms with Crippen LogP contribution >= 0.6 is 11.6 Å². The third-order valence-corrected chi connectivity index (χ3v) is 2.65. The minimum atomic E-state index is -0.476. The molecular formula is C14H9ClFNO. The van der Waals surface area contributed by atoms with Crippen LogP contribution in [0.2, 0.25) is 0 Å². The molecule has 0 spiro atoms. The molecule has 2 nitrogen and oxygen atoms in total. The summed E-state index contributed by atoms with van der Waals surface area (Å²) in [4.78, 5) is 0. The van der Waals surface area contributed by atoms with Gasteiger partial charge in [0.1, 0.15) is 5.75 Å². The lowest BCUT2D eigenvalue weighted by Gasteiger charge is -2.07. The zero-order valence-electron chi connectivity index (χ0n) is 9.36. The van der Waals surface area contributed by atoms with Crippen molar-refractivity contribution in [3.8, 4) is 17.6 Å². The number of benzene rings is 2. The molecule has 0 atom stereocenters. The molecule has 2 aromatic carbocycles. The summed E-state index contributed by atoms with van der Waals surface area (Å²) in [5.74, 6) is 0.308. The van der Waals surface area contributed by atoms with Crippen LogP contribution in [-0.4, -0.2) is 0 Å². The van der Waals surface area contributed by atoms with Gasteiger partial charge in [-0.1, -0.05) is 12.1 Å². The van der Waals surface area contributed by atoms with Gasteiger partial charge in [-0.2, -0.15) is 5.26 Å². The molecule has 0 aliphatic rings. The topological polar surface area (TPSA) is 33.0 Å². The van der Waals surface area contributed by atoms with Crippen molar-refractivity contribution in [3.63, 3.8) is 0 Å². The average molecular weight is 262 g/mol. The van der Waals surface area contributed by atoms with Crippen molar-refractivity contribution in [1.29, 1.82) is 5.26 Å². The Hall–Kier alpha value is -2.05. The summed E-state index contributed by atoms with van der Waals surface area (Å²) >= 11 is 5.61. The minimum Gasteiger partial charge on any atom is -0.454 e. The fourth-order valence-electron chi connectivity index (χ4n) is 1.47. The molecule has 2 aromatic rings. The second kappa shape index (κ2) is 5.52. The molecule has 0 aromatic heterocycles. The summed E-state index contributed by atoms with van der Waals surface area (Å²) in [6, 6.07) is 13.1. The summed E-state index contributed by atoms with van der Waals surface area (Å²) < 4.78 is 19.0. The molecule has 0 amide bonds. The summed E-state index contributed by atoms with van der Waals surface area (Å²) in [6.45, 7) is 0. The summed E-state index contributed by atoms with van der Waals surface area (Å²) in [5, 5.41) is 8.76. The molecule has 0 unspecified atom stereocenters.